The molecule has 1 N–H and O–H groups in total. The number of benzene rings is 2. The second kappa shape index (κ2) is 8.49. The fourth-order valence-electron chi connectivity index (χ4n) is 1.90. The summed E-state index contributed by atoms with van der Waals surface area (Å²) in [4.78, 5) is 23.1. The van der Waals surface area contributed by atoms with Gasteiger partial charge in [-0.05, 0) is 64.8 Å². The molecule has 6 heteroatoms. The van der Waals surface area contributed by atoms with Gasteiger partial charge in [0.1, 0.15) is 11.5 Å². The lowest BCUT2D eigenvalue weighted by atomic mass is 10.2. The summed E-state index contributed by atoms with van der Waals surface area (Å²) < 4.78 is 11.2. The summed E-state index contributed by atoms with van der Waals surface area (Å²) in [5.74, 6) is -0.619. The molecule has 0 amide bonds. The van der Waals surface area contributed by atoms with Crippen molar-refractivity contribution >= 4 is 27.9 Å². The maximum absolute atomic E-state index is 12.2. The van der Waals surface area contributed by atoms with E-state index in [1.165, 1.54) is 18.2 Å². The number of hydrogen-bond acceptors (Lipinski definition) is 4. The van der Waals surface area contributed by atoms with Crippen molar-refractivity contribution in [3.05, 3.63) is 58.1 Å². The Morgan fingerprint density at radius 3 is 2.33 bits per heavy atom. The van der Waals surface area contributed by atoms with E-state index in [1.807, 2.05) is 0 Å². The van der Waals surface area contributed by atoms with Crippen LogP contribution in [0.1, 0.15) is 40.5 Å². The minimum Gasteiger partial charge on any atom is -0.494 e. The molecule has 2 aromatic carbocycles. The highest BCUT2D eigenvalue weighted by Gasteiger charge is 2.13. The Hall–Kier alpha value is -2.34. The van der Waals surface area contributed by atoms with E-state index in [0.717, 1.165) is 12.8 Å². The molecule has 126 valence electrons. The molecule has 0 bridgehead atoms. The van der Waals surface area contributed by atoms with Gasteiger partial charge in [-0.1, -0.05) is 13.3 Å². The highest BCUT2D eigenvalue weighted by molar-refractivity contribution is 9.10. The van der Waals surface area contributed by atoms with Gasteiger partial charge in [-0.25, -0.2) is 9.59 Å². The number of hydrogen-bond donors (Lipinski definition) is 1. The molecule has 0 atom stereocenters. The molecular weight excluding hydrogens is 376 g/mol. The third-order valence-corrected chi connectivity index (χ3v) is 3.86. The molecule has 5 nitrogen and oxygen atoms in total. The highest BCUT2D eigenvalue weighted by Crippen LogP contribution is 2.27. The largest absolute Gasteiger partial charge is 0.494 e. The van der Waals surface area contributed by atoms with Gasteiger partial charge in [0.05, 0.1) is 22.2 Å². The van der Waals surface area contributed by atoms with Gasteiger partial charge in [0.15, 0.2) is 0 Å². The molecule has 2 aromatic rings. The lowest BCUT2D eigenvalue weighted by Gasteiger charge is -2.08. The molecule has 0 spiro atoms. The van der Waals surface area contributed by atoms with E-state index < -0.39 is 11.9 Å². The standard InChI is InChI=1S/C18H17BrO5/c1-2-3-10-23-14-7-4-12(5-8-14)18(22)24-16-9-6-13(17(20)21)11-15(16)19/h4-9,11H,2-3,10H2,1H3,(H,20,21). The Bertz CT molecular complexity index is 725. The molecule has 0 heterocycles. The summed E-state index contributed by atoms with van der Waals surface area (Å²) in [6, 6.07) is 10.9. The predicted molar refractivity (Wildman–Crippen MR) is 92.9 cm³/mol. The molecule has 24 heavy (non-hydrogen) atoms. The van der Waals surface area contributed by atoms with Crippen molar-refractivity contribution in [1.82, 2.24) is 0 Å². The zero-order valence-electron chi connectivity index (χ0n) is 13.1. The number of esters is 1. The van der Waals surface area contributed by atoms with E-state index in [-0.39, 0.29) is 11.3 Å². The van der Waals surface area contributed by atoms with Crippen molar-refractivity contribution in [3.8, 4) is 11.5 Å². The van der Waals surface area contributed by atoms with Crippen molar-refractivity contribution in [2.75, 3.05) is 6.61 Å². The van der Waals surface area contributed by atoms with E-state index in [4.69, 9.17) is 14.6 Å². The third-order valence-electron chi connectivity index (χ3n) is 3.24. The van der Waals surface area contributed by atoms with Crippen LogP contribution in [-0.4, -0.2) is 23.7 Å². The zero-order chi connectivity index (χ0) is 17.5. The summed E-state index contributed by atoms with van der Waals surface area (Å²) in [5, 5.41) is 8.92. The molecule has 0 radical (unpaired) electrons. The SMILES string of the molecule is CCCCOc1ccc(C(=O)Oc2ccc(C(=O)O)cc2Br)cc1. The van der Waals surface area contributed by atoms with Crippen LogP contribution in [-0.2, 0) is 0 Å². The summed E-state index contributed by atoms with van der Waals surface area (Å²) in [6.45, 7) is 2.73. The van der Waals surface area contributed by atoms with Gasteiger partial charge >= 0.3 is 11.9 Å². The smallest absolute Gasteiger partial charge is 0.343 e. The number of carbonyl (C=O) groups is 2. The van der Waals surface area contributed by atoms with E-state index in [2.05, 4.69) is 22.9 Å². The molecule has 0 saturated carbocycles. The summed E-state index contributed by atoms with van der Waals surface area (Å²) in [5.41, 5.74) is 0.488. The average Bonchev–Trinajstić information content (AvgIpc) is 2.57. The average molecular weight is 393 g/mol. The number of unbranched alkanes of at least 4 members (excludes halogenated alkanes) is 1. The molecule has 2 rings (SSSR count). The quantitative estimate of drug-likeness (QED) is 0.425. The highest BCUT2D eigenvalue weighted by atomic mass is 79.9. The van der Waals surface area contributed by atoms with Gasteiger partial charge in [0.2, 0.25) is 0 Å². The van der Waals surface area contributed by atoms with Crippen molar-refractivity contribution in [1.29, 1.82) is 0 Å². The maximum atomic E-state index is 12.2. The van der Waals surface area contributed by atoms with Crippen LogP contribution in [0.25, 0.3) is 0 Å². The molecule has 0 saturated heterocycles. The maximum Gasteiger partial charge on any atom is 0.343 e. The zero-order valence-corrected chi connectivity index (χ0v) is 14.7. The first-order valence-electron chi connectivity index (χ1n) is 7.49. The van der Waals surface area contributed by atoms with Crippen LogP contribution < -0.4 is 9.47 Å². The lowest BCUT2D eigenvalue weighted by molar-refractivity contribution is 0.0696. The number of halogens is 1. The molecule has 0 aliphatic heterocycles. The monoisotopic (exact) mass is 392 g/mol. The summed E-state index contributed by atoms with van der Waals surface area (Å²) >= 11 is 3.20. The van der Waals surface area contributed by atoms with Crippen LogP contribution >= 0.6 is 15.9 Å². The predicted octanol–water partition coefficient (Wildman–Crippen LogP) is 4.55. The van der Waals surface area contributed by atoms with Crippen molar-refractivity contribution < 1.29 is 24.2 Å². The number of rotatable bonds is 7. The van der Waals surface area contributed by atoms with Gasteiger partial charge in [0.25, 0.3) is 0 Å². The molecular formula is C18H17BrO5. The van der Waals surface area contributed by atoms with Gasteiger partial charge in [-0.3, -0.25) is 0 Å². The Labute approximate surface area is 148 Å². The van der Waals surface area contributed by atoms with Crippen LogP contribution in [0.2, 0.25) is 0 Å². The summed E-state index contributed by atoms with van der Waals surface area (Å²) in [6.07, 6.45) is 2.03. The fourth-order valence-corrected chi connectivity index (χ4v) is 2.36. The number of ether oxygens (including phenoxy) is 2. The Morgan fingerprint density at radius 2 is 1.75 bits per heavy atom. The lowest BCUT2D eigenvalue weighted by Crippen LogP contribution is -2.09. The van der Waals surface area contributed by atoms with E-state index in [0.29, 0.717) is 22.4 Å². The van der Waals surface area contributed by atoms with E-state index in [1.54, 1.807) is 24.3 Å². The normalized spacial score (nSPS) is 10.2. The number of carbonyl (C=O) groups excluding carboxylic acids is 1. The van der Waals surface area contributed by atoms with Crippen molar-refractivity contribution in [3.63, 3.8) is 0 Å². The molecule has 0 aromatic heterocycles. The Balaban J connectivity index is 2.03. The first-order chi connectivity index (χ1) is 11.5. The van der Waals surface area contributed by atoms with E-state index in [9.17, 15) is 9.59 Å². The second-order valence-electron chi connectivity index (χ2n) is 5.07. The van der Waals surface area contributed by atoms with Gasteiger partial charge in [-0.15, -0.1) is 0 Å². The molecule has 0 aliphatic carbocycles. The molecule has 0 fully saturated rings. The minimum absolute atomic E-state index is 0.107. The topological polar surface area (TPSA) is 72.8 Å². The van der Waals surface area contributed by atoms with Crippen molar-refractivity contribution in [2.24, 2.45) is 0 Å². The molecule has 0 unspecified atom stereocenters. The van der Waals surface area contributed by atoms with Gasteiger partial charge in [0, 0.05) is 0 Å². The molecule has 0 aliphatic rings. The van der Waals surface area contributed by atoms with Gasteiger partial charge < -0.3 is 14.6 Å². The number of carboxylic acid groups (broad SMARTS) is 1. The first kappa shape index (κ1) is 18.0. The van der Waals surface area contributed by atoms with E-state index >= 15 is 0 Å². The Morgan fingerprint density at radius 1 is 1.08 bits per heavy atom. The van der Waals surface area contributed by atoms with Crippen LogP contribution in [0, 0.1) is 0 Å². The van der Waals surface area contributed by atoms with Gasteiger partial charge in [-0.2, -0.15) is 0 Å². The Kier molecular flexibility index (Phi) is 6.37. The first-order valence-corrected chi connectivity index (χ1v) is 8.28. The van der Waals surface area contributed by atoms with Crippen LogP contribution in [0.3, 0.4) is 0 Å². The number of aromatic carboxylic acids is 1. The minimum atomic E-state index is -1.05. The van der Waals surface area contributed by atoms with Crippen molar-refractivity contribution in [2.45, 2.75) is 19.8 Å². The number of carboxylic acids is 1. The van der Waals surface area contributed by atoms with Crippen LogP contribution in [0.5, 0.6) is 11.5 Å². The third kappa shape index (κ3) is 4.83. The fraction of sp³-hybridized carbons (Fsp3) is 0.222. The van der Waals surface area contributed by atoms with Crippen LogP contribution in [0.4, 0.5) is 0 Å². The van der Waals surface area contributed by atoms with Crippen LogP contribution in [0.15, 0.2) is 46.9 Å². The second-order valence-corrected chi connectivity index (χ2v) is 5.92. The summed E-state index contributed by atoms with van der Waals surface area (Å²) in [7, 11) is 0.